The number of likely N-dealkylation sites (tertiary alicyclic amines) is 1. The van der Waals surface area contributed by atoms with Gasteiger partial charge in [0.2, 0.25) is 0 Å². The Morgan fingerprint density at radius 3 is 2.75 bits per heavy atom. The van der Waals surface area contributed by atoms with Crippen molar-refractivity contribution in [3.63, 3.8) is 0 Å². The third kappa shape index (κ3) is 1.95. The van der Waals surface area contributed by atoms with E-state index in [9.17, 15) is 5.11 Å². The molecule has 1 unspecified atom stereocenters. The van der Waals surface area contributed by atoms with Gasteiger partial charge in [0.25, 0.3) is 0 Å². The Kier molecular flexibility index (Phi) is 2.63. The highest BCUT2D eigenvalue weighted by Gasteiger charge is 2.32. The SMILES string of the molecule is OC1(CCN2CCC2)CCSC1. The predicted octanol–water partition coefficient (Wildman–Crippen LogP) is 0.950. The van der Waals surface area contributed by atoms with Crippen LogP contribution >= 0.6 is 11.8 Å². The fourth-order valence-electron chi connectivity index (χ4n) is 1.77. The van der Waals surface area contributed by atoms with Gasteiger partial charge in [0, 0.05) is 12.3 Å². The Morgan fingerprint density at radius 1 is 1.42 bits per heavy atom. The van der Waals surface area contributed by atoms with E-state index in [1.54, 1.807) is 0 Å². The van der Waals surface area contributed by atoms with E-state index in [0.29, 0.717) is 0 Å². The molecule has 1 atom stereocenters. The third-order valence-electron chi connectivity index (χ3n) is 2.92. The van der Waals surface area contributed by atoms with Gasteiger partial charge in [-0.3, -0.25) is 0 Å². The second kappa shape index (κ2) is 3.56. The second-order valence-electron chi connectivity index (χ2n) is 3.97. The van der Waals surface area contributed by atoms with E-state index in [1.807, 2.05) is 11.8 Å². The summed E-state index contributed by atoms with van der Waals surface area (Å²) in [5, 5.41) is 10.0. The zero-order chi connectivity index (χ0) is 8.44. The molecule has 0 aromatic carbocycles. The van der Waals surface area contributed by atoms with Gasteiger partial charge in [-0.1, -0.05) is 0 Å². The van der Waals surface area contributed by atoms with Crippen molar-refractivity contribution in [3.8, 4) is 0 Å². The molecule has 1 N–H and O–H groups in total. The molecule has 0 aromatic rings. The summed E-state index contributed by atoms with van der Waals surface area (Å²) >= 11 is 1.89. The summed E-state index contributed by atoms with van der Waals surface area (Å²) in [5.41, 5.74) is -0.319. The largest absolute Gasteiger partial charge is 0.389 e. The van der Waals surface area contributed by atoms with Crippen LogP contribution in [0.15, 0.2) is 0 Å². The minimum Gasteiger partial charge on any atom is -0.389 e. The number of thioether (sulfide) groups is 1. The first-order chi connectivity index (χ1) is 5.79. The Bertz CT molecular complexity index is 153. The molecule has 2 heterocycles. The van der Waals surface area contributed by atoms with E-state index < -0.39 is 0 Å². The quantitative estimate of drug-likeness (QED) is 0.711. The maximum absolute atomic E-state index is 10.0. The van der Waals surface area contributed by atoms with Gasteiger partial charge in [0.05, 0.1) is 5.60 Å². The topological polar surface area (TPSA) is 23.5 Å². The normalized spacial score (nSPS) is 36.8. The molecule has 2 aliphatic heterocycles. The molecule has 2 saturated heterocycles. The van der Waals surface area contributed by atoms with Crippen LogP contribution in [0.1, 0.15) is 19.3 Å². The van der Waals surface area contributed by atoms with Crippen molar-refractivity contribution in [3.05, 3.63) is 0 Å². The summed E-state index contributed by atoms with van der Waals surface area (Å²) in [6.45, 7) is 3.61. The van der Waals surface area contributed by atoms with Gasteiger partial charge in [0.1, 0.15) is 0 Å². The summed E-state index contributed by atoms with van der Waals surface area (Å²) in [4.78, 5) is 2.43. The van der Waals surface area contributed by atoms with Gasteiger partial charge in [-0.15, -0.1) is 0 Å². The molecule has 0 radical (unpaired) electrons. The number of aliphatic hydroxyl groups is 1. The summed E-state index contributed by atoms with van der Waals surface area (Å²) < 4.78 is 0. The lowest BCUT2D eigenvalue weighted by molar-refractivity contribution is 0.0381. The van der Waals surface area contributed by atoms with Crippen LogP contribution in [0.3, 0.4) is 0 Å². The lowest BCUT2D eigenvalue weighted by atomic mass is 9.98. The highest BCUT2D eigenvalue weighted by molar-refractivity contribution is 7.99. The number of rotatable bonds is 3. The van der Waals surface area contributed by atoms with Crippen molar-refractivity contribution in [2.45, 2.75) is 24.9 Å². The Balaban J connectivity index is 1.70. The molecule has 12 heavy (non-hydrogen) atoms. The van der Waals surface area contributed by atoms with Crippen LogP contribution in [-0.4, -0.2) is 46.7 Å². The third-order valence-corrected chi connectivity index (χ3v) is 4.16. The maximum atomic E-state index is 10.0. The minimum absolute atomic E-state index is 0.319. The smallest absolute Gasteiger partial charge is 0.0757 e. The molecule has 2 aliphatic rings. The first-order valence-corrected chi connectivity index (χ1v) is 5.97. The fraction of sp³-hybridized carbons (Fsp3) is 1.00. The molecule has 2 nitrogen and oxygen atoms in total. The molecular formula is C9H17NOS. The highest BCUT2D eigenvalue weighted by atomic mass is 32.2. The predicted molar refractivity (Wildman–Crippen MR) is 52.6 cm³/mol. The van der Waals surface area contributed by atoms with E-state index >= 15 is 0 Å². The van der Waals surface area contributed by atoms with Gasteiger partial charge in [-0.25, -0.2) is 0 Å². The number of hydrogen-bond donors (Lipinski definition) is 1. The van der Waals surface area contributed by atoms with Gasteiger partial charge in [-0.2, -0.15) is 11.8 Å². The van der Waals surface area contributed by atoms with Crippen LogP contribution in [0.4, 0.5) is 0 Å². The zero-order valence-corrected chi connectivity index (χ0v) is 8.28. The summed E-state index contributed by atoms with van der Waals surface area (Å²) in [6, 6.07) is 0. The van der Waals surface area contributed by atoms with E-state index in [0.717, 1.165) is 30.9 Å². The molecular weight excluding hydrogens is 170 g/mol. The lowest BCUT2D eigenvalue weighted by Crippen LogP contribution is -2.41. The molecule has 2 rings (SSSR count). The van der Waals surface area contributed by atoms with Gasteiger partial charge in [0.15, 0.2) is 0 Å². The van der Waals surface area contributed by atoms with Gasteiger partial charge < -0.3 is 10.0 Å². The van der Waals surface area contributed by atoms with Crippen LogP contribution in [0.2, 0.25) is 0 Å². The molecule has 70 valence electrons. The Morgan fingerprint density at radius 2 is 2.25 bits per heavy atom. The van der Waals surface area contributed by atoms with Crippen molar-refractivity contribution in [1.29, 1.82) is 0 Å². The second-order valence-corrected chi connectivity index (χ2v) is 5.08. The molecule has 0 aromatic heterocycles. The Labute approximate surface area is 78.3 Å². The summed E-state index contributed by atoms with van der Waals surface area (Å²) in [5.74, 6) is 2.11. The van der Waals surface area contributed by atoms with Crippen molar-refractivity contribution >= 4 is 11.8 Å². The van der Waals surface area contributed by atoms with Crippen LogP contribution in [0.5, 0.6) is 0 Å². The molecule has 0 saturated carbocycles. The zero-order valence-electron chi connectivity index (χ0n) is 7.46. The van der Waals surface area contributed by atoms with Crippen molar-refractivity contribution in [2.24, 2.45) is 0 Å². The van der Waals surface area contributed by atoms with E-state index in [1.165, 1.54) is 19.5 Å². The molecule has 2 fully saturated rings. The van der Waals surface area contributed by atoms with Crippen molar-refractivity contribution in [1.82, 2.24) is 4.90 Å². The van der Waals surface area contributed by atoms with Crippen molar-refractivity contribution in [2.75, 3.05) is 31.1 Å². The van der Waals surface area contributed by atoms with Crippen LogP contribution in [0, 0.1) is 0 Å². The van der Waals surface area contributed by atoms with Gasteiger partial charge in [-0.05, 0) is 38.1 Å². The van der Waals surface area contributed by atoms with E-state index in [2.05, 4.69) is 4.90 Å². The standard InChI is InChI=1S/C9H17NOS/c11-9(3-7-12-8-9)2-6-10-4-1-5-10/h11H,1-8H2. The minimum atomic E-state index is -0.319. The van der Waals surface area contributed by atoms with E-state index in [4.69, 9.17) is 0 Å². The van der Waals surface area contributed by atoms with Crippen LogP contribution in [0.25, 0.3) is 0 Å². The van der Waals surface area contributed by atoms with Crippen molar-refractivity contribution < 1.29 is 5.11 Å². The summed E-state index contributed by atoms with van der Waals surface area (Å²) in [6.07, 6.45) is 3.35. The van der Waals surface area contributed by atoms with Crippen LogP contribution in [-0.2, 0) is 0 Å². The first kappa shape index (κ1) is 8.85. The molecule has 0 bridgehead atoms. The summed E-state index contributed by atoms with van der Waals surface area (Å²) in [7, 11) is 0. The molecule has 0 spiro atoms. The number of hydrogen-bond acceptors (Lipinski definition) is 3. The monoisotopic (exact) mass is 187 g/mol. The first-order valence-electron chi connectivity index (χ1n) is 4.81. The molecule has 0 amide bonds. The van der Waals surface area contributed by atoms with E-state index in [-0.39, 0.29) is 5.60 Å². The van der Waals surface area contributed by atoms with Crippen LogP contribution < -0.4 is 0 Å². The molecule has 0 aliphatic carbocycles. The lowest BCUT2D eigenvalue weighted by Gasteiger charge is -2.33. The highest BCUT2D eigenvalue weighted by Crippen LogP contribution is 2.30. The maximum Gasteiger partial charge on any atom is 0.0757 e. The average molecular weight is 187 g/mol. The fourth-order valence-corrected chi connectivity index (χ4v) is 3.10. The molecule has 3 heteroatoms. The number of nitrogens with zero attached hydrogens (tertiary/aromatic N) is 1. The Hall–Kier alpha value is 0.270. The van der Waals surface area contributed by atoms with Gasteiger partial charge >= 0.3 is 0 Å². The average Bonchev–Trinajstić information content (AvgIpc) is 2.33.